The number of amides is 1. The number of hydrogen-bond donors (Lipinski definition) is 0. The van der Waals surface area contributed by atoms with E-state index in [9.17, 15) is 4.79 Å². The molecule has 1 aromatic carbocycles. The highest BCUT2D eigenvalue weighted by Crippen LogP contribution is 2.41. The van der Waals surface area contributed by atoms with Gasteiger partial charge in [0.05, 0.1) is 22.4 Å². The molecule has 5 rings (SSSR count). The fourth-order valence-corrected chi connectivity index (χ4v) is 5.12. The lowest BCUT2D eigenvalue weighted by Gasteiger charge is -2.40. The first kappa shape index (κ1) is 18.0. The summed E-state index contributed by atoms with van der Waals surface area (Å²) >= 11 is 0. The molecule has 1 spiro atoms. The van der Waals surface area contributed by atoms with Crippen LogP contribution >= 0.6 is 0 Å². The average molecular weight is 379 g/mol. The number of benzene rings is 1. The zero-order chi connectivity index (χ0) is 19.3. The molecule has 1 aliphatic carbocycles. The van der Waals surface area contributed by atoms with E-state index in [2.05, 4.69) is 19.8 Å². The van der Waals surface area contributed by atoms with E-state index in [0.717, 1.165) is 53.4 Å². The second-order valence-electron chi connectivity index (χ2n) is 9.36. The number of carbonyl (C=O) groups excluding carboxylic acids is 1. The lowest BCUT2D eigenvalue weighted by molar-refractivity contribution is 0.0681. The van der Waals surface area contributed by atoms with E-state index in [4.69, 9.17) is 0 Å². The summed E-state index contributed by atoms with van der Waals surface area (Å²) in [5, 5.41) is 0. The standard InChI is InChI=1S/C23H30N4O/c1-16-17(2)25-21-12-19(6-7-20(21)24-16)22(28)27-11-9-23(15-27)8-3-10-26(14-23)13-18-4-5-18/h6-7,12,18H,3-5,8-11,13-15H2,1-2H3/t23-/m0/s1. The van der Waals surface area contributed by atoms with E-state index >= 15 is 0 Å². The molecule has 5 nitrogen and oxygen atoms in total. The molecule has 2 aromatic rings. The van der Waals surface area contributed by atoms with Crippen molar-refractivity contribution >= 4 is 16.9 Å². The van der Waals surface area contributed by atoms with Gasteiger partial charge in [-0.2, -0.15) is 0 Å². The molecule has 1 amide bonds. The molecule has 148 valence electrons. The third-order valence-electron chi connectivity index (χ3n) is 7.00. The minimum Gasteiger partial charge on any atom is -0.338 e. The van der Waals surface area contributed by atoms with Crippen LogP contribution in [0, 0.1) is 25.2 Å². The van der Waals surface area contributed by atoms with Gasteiger partial charge in [0, 0.05) is 37.2 Å². The second-order valence-corrected chi connectivity index (χ2v) is 9.36. The maximum Gasteiger partial charge on any atom is 0.253 e. The molecule has 3 heterocycles. The van der Waals surface area contributed by atoms with Crippen molar-refractivity contribution in [1.29, 1.82) is 0 Å². The molecule has 5 heteroatoms. The quantitative estimate of drug-likeness (QED) is 0.819. The van der Waals surface area contributed by atoms with Gasteiger partial charge in [-0.1, -0.05) is 0 Å². The monoisotopic (exact) mass is 378 g/mol. The van der Waals surface area contributed by atoms with Crippen LogP contribution in [0.1, 0.15) is 53.8 Å². The zero-order valence-electron chi connectivity index (χ0n) is 17.1. The highest BCUT2D eigenvalue weighted by molar-refractivity contribution is 5.97. The van der Waals surface area contributed by atoms with Gasteiger partial charge < -0.3 is 9.80 Å². The second kappa shape index (κ2) is 6.80. The first-order valence-electron chi connectivity index (χ1n) is 10.8. The van der Waals surface area contributed by atoms with Crippen molar-refractivity contribution in [2.75, 3.05) is 32.7 Å². The smallest absolute Gasteiger partial charge is 0.253 e. The van der Waals surface area contributed by atoms with Gasteiger partial charge >= 0.3 is 0 Å². The molecule has 2 aliphatic heterocycles. The van der Waals surface area contributed by atoms with Gasteiger partial charge in [-0.05, 0) is 76.6 Å². The minimum absolute atomic E-state index is 0.151. The predicted molar refractivity (Wildman–Crippen MR) is 110 cm³/mol. The Morgan fingerprint density at radius 3 is 2.64 bits per heavy atom. The van der Waals surface area contributed by atoms with Crippen LogP contribution in [-0.4, -0.2) is 58.4 Å². The number of aromatic nitrogens is 2. The molecule has 3 aliphatic rings. The number of nitrogens with zero attached hydrogens (tertiary/aromatic N) is 4. The molecule has 1 aromatic heterocycles. The van der Waals surface area contributed by atoms with Crippen LogP contribution < -0.4 is 0 Å². The fraction of sp³-hybridized carbons (Fsp3) is 0.609. The first-order valence-corrected chi connectivity index (χ1v) is 10.8. The summed E-state index contributed by atoms with van der Waals surface area (Å²) in [6.07, 6.45) is 6.51. The summed E-state index contributed by atoms with van der Waals surface area (Å²) in [6, 6.07) is 5.77. The molecule has 3 fully saturated rings. The topological polar surface area (TPSA) is 49.3 Å². The third kappa shape index (κ3) is 3.41. The fourth-order valence-electron chi connectivity index (χ4n) is 5.12. The number of aryl methyl sites for hydroxylation is 2. The van der Waals surface area contributed by atoms with E-state index in [1.165, 1.54) is 45.3 Å². The van der Waals surface area contributed by atoms with Crippen molar-refractivity contribution in [3.63, 3.8) is 0 Å². The van der Waals surface area contributed by atoms with Crippen LogP contribution in [0.5, 0.6) is 0 Å². The van der Waals surface area contributed by atoms with Crippen LogP contribution in [0.25, 0.3) is 11.0 Å². The Kier molecular flexibility index (Phi) is 4.38. The highest BCUT2D eigenvalue weighted by Gasteiger charge is 2.43. The minimum atomic E-state index is 0.151. The Balaban J connectivity index is 1.32. The van der Waals surface area contributed by atoms with Gasteiger partial charge in [-0.25, -0.2) is 9.97 Å². The first-order chi connectivity index (χ1) is 13.5. The summed E-state index contributed by atoms with van der Waals surface area (Å²) in [6.45, 7) is 9.43. The Labute approximate surface area is 167 Å². The van der Waals surface area contributed by atoms with Gasteiger partial charge in [0.2, 0.25) is 0 Å². The Morgan fingerprint density at radius 1 is 1.07 bits per heavy atom. The molecule has 0 unspecified atom stereocenters. The van der Waals surface area contributed by atoms with Crippen molar-refractivity contribution in [3.8, 4) is 0 Å². The van der Waals surface area contributed by atoms with Crippen molar-refractivity contribution in [1.82, 2.24) is 19.8 Å². The number of carbonyl (C=O) groups is 1. The normalized spacial score (nSPS) is 25.7. The van der Waals surface area contributed by atoms with Gasteiger partial charge in [-0.3, -0.25) is 4.79 Å². The number of piperidine rings is 1. The van der Waals surface area contributed by atoms with Crippen LogP contribution in [0.3, 0.4) is 0 Å². The van der Waals surface area contributed by atoms with E-state index in [-0.39, 0.29) is 5.91 Å². The predicted octanol–water partition coefficient (Wildman–Crippen LogP) is 3.58. The van der Waals surface area contributed by atoms with Crippen LogP contribution in [0.4, 0.5) is 0 Å². The summed E-state index contributed by atoms with van der Waals surface area (Å²) in [5.41, 5.74) is 4.60. The number of fused-ring (bicyclic) bond motifs is 1. The molecule has 1 atom stereocenters. The van der Waals surface area contributed by atoms with Gasteiger partial charge in [0.15, 0.2) is 0 Å². The van der Waals surface area contributed by atoms with Gasteiger partial charge in [-0.15, -0.1) is 0 Å². The Morgan fingerprint density at radius 2 is 1.86 bits per heavy atom. The summed E-state index contributed by atoms with van der Waals surface area (Å²) in [5.74, 6) is 1.10. The summed E-state index contributed by atoms with van der Waals surface area (Å²) in [7, 11) is 0. The summed E-state index contributed by atoms with van der Waals surface area (Å²) < 4.78 is 0. The molecule has 0 N–H and O–H groups in total. The average Bonchev–Trinajstić information content (AvgIpc) is 3.41. The van der Waals surface area contributed by atoms with Gasteiger partial charge in [0.25, 0.3) is 5.91 Å². The SMILES string of the molecule is Cc1nc2ccc(C(=O)N3CC[C@]4(CCCN(CC5CC5)C4)C3)cc2nc1C. The molecule has 0 bridgehead atoms. The van der Waals surface area contributed by atoms with Crippen LogP contribution in [0.2, 0.25) is 0 Å². The van der Waals surface area contributed by atoms with Crippen LogP contribution in [-0.2, 0) is 0 Å². The van der Waals surface area contributed by atoms with Crippen molar-refractivity contribution in [2.24, 2.45) is 11.3 Å². The largest absolute Gasteiger partial charge is 0.338 e. The zero-order valence-corrected chi connectivity index (χ0v) is 17.1. The van der Waals surface area contributed by atoms with E-state index in [1.807, 2.05) is 32.0 Å². The maximum atomic E-state index is 13.2. The number of hydrogen-bond acceptors (Lipinski definition) is 4. The molecule has 2 saturated heterocycles. The van der Waals surface area contributed by atoms with Crippen molar-refractivity contribution < 1.29 is 4.79 Å². The Hall–Kier alpha value is -2.01. The lowest BCUT2D eigenvalue weighted by atomic mass is 9.79. The van der Waals surface area contributed by atoms with Crippen LogP contribution in [0.15, 0.2) is 18.2 Å². The Bertz CT molecular complexity index is 922. The molecule has 1 saturated carbocycles. The summed E-state index contributed by atoms with van der Waals surface area (Å²) in [4.78, 5) is 27.2. The van der Waals surface area contributed by atoms with Crippen molar-refractivity contribution in [2.45, 2.75) is 46.0 Å². The number of likely N-dealkylation sites (tertiary alicyclic amines) is 2. The molecular weight excluding hydrogens is 348 g/mol. The third-order valence-corrected chi connectivity index (χ3v) is 7.00. The van der Waals surface area contributed by atoms with Gasteiger partial charge in [0.1, 0.15) is 0 Å². The highest BCUT2D eigenvalue weighted by atomic mass is 16.2. The molecule has 0 radical (unpaired) electrons. The molecule has 28 heavy (non-hydrogen) atoms. The lowest BCUT2D eigenvalue weighted by Crippen LogP contribution is -2.46. The maximum absolute atomic E-state index is 13.2. The van der Waals surface area contributed by atoms with E-state index in [0.29, 0.717) is 5.41 Å². The van der Waals surface area contributed by atoms with Crippen molar-refractivity contribution in [3.05, 3.63) is 35.2 Å². The number of rotatable bonds is 3. The molecular formula is C23H30N4O. The van der Waals surface area contributed by atoms with E-state index in [1.54, 1.807) is 0 Å². The van der Waals surface area contributed by atoms with E-state index < -0.39 is 0 Å².